The number of benzene rings is 3. The summed E-state index contributed by atoms with van der Waals surface area (Å²) < 4.78 is 44.5. The number of aromatic nitrogens is 2. The van der Waals surface area contributed by atoms with Crippen molar-refractivity contribution >= 4 is 71.1 Å². The van der Waals surface area contributed by atoms with Gasteiger partial charge in [0.2, 0.25) is 17.8 Å². The van der Waals surface area contributed by atoms with Crippen molar-refractivity contribution in [2.24, 2.45) is 0 Å². The van der Waals surface area contributed by atoms with Gasteiger partial charge in [-0.1, -0.05) is 23.7 Å². The Morgan fingerprint density at radius 3 is 2.48 bits per heavy atom. The van der Waals surface area contributed by atoms with Crippen molar-refractivity contribution in [1.82, 2.24) is 25.5 Å². The number of methoxy groups -OCH3 is 1. The molecule has 1 atom stereocenters. The van der Waals surface area contributed by atoms with Gasteiger partial charge in [0.15, 0.2) is 5.82 Å². The summed E-state index contributed by atoms with van der Waals surface area (Å²) in [5.41, 5.74) is 3.42. The molecular formula is C38H41ClFN8O7P. The van der Waals surface area contributed by atoms with Gasteiger partial charge in [0.1, 0.15) is 22.6 Å². The first-order chi connectivity index (χ1) is 27.0. The predicted octanol–water partition coefficient (Wildman–Crippen LogP) is 5.40. The summed E-state index contributed by atoms with van der Waals surface area (Å²) in [4.78, 5) is 49.6. The average molecular weight is 807 g/mol. The van der Waals surface area contributed by atoms with Crippen LogP contribution >= 0.6 is 19.2 Å². The molecule has 1 aromatic heterocycles. The average Bonchev–Trinajstić information content (AvgIpc) is 3.52. The number of carbonyl (C=O) groups excluding carboxylic acids is 3. The van der Waals surface area contributed by atoms with E-state index in [2.05, 4.69) is 36.1 Å². The highest BCUT2D eigenvalue weighted by Gasteiger charge is 2.39. The van der Waals surface area contributed by atoms with Crippen LogP contribution in [0.15, 0.2) is 60.8 Å². The van der Waals surface area contributed by atoms with E-state index in [-0.39, 0.29) is 53.7 Å². The smallest absolute Gasteiger partial charge is 0.362 e. The van der Waals surface area contributed by atoms with E-state index >= 15 is 4.39 Å². The van der Waals surface area contributed by atoms with Gasteiger partial charge in [-0.05, 0) is 61.2 Å². The first kappa shape index (κ1) is 39.1. The molecule has 4 aromatic rings. The first-order valence-corrected chi connectivity index (χ1v) is 19.9. The van der Waals surface area contributed by atoms with E-state index in [1.807, 2.05) is 18.2 Å². The van der Waals surface area contributed by atoms with Gasteiger partial charge in [0.05, 0.1) is 30.0 Å². The summed E-state index contributed by atoms with van der Waals surface area (Å²) in [5.74, 6) is -0.642. The molecule has 4 heterocycles. The largest absolute Gasteiger partial charge is 0.494 e. The molecule has 2 fully saturated rings. The molecule has 0 aliphatic carbocycles. The SMILES string of the molecule is COc1cc(N2CCC(NCc3cc4c(cc3F)C(=O)N(C3CCC(=O)NC3=O)C4)CC2)ccc1Nc1ncc(Cl)c(Nc2ccccc2P(=O)(OC)OC)n1. The van der Waals surface area contributed by atoms with Crippen LogP contribution in [-0.2, 0) is 36.3 Å². The lowest BCUT2D eigenvalue weighted by Gasteiger charge is -2.34. The van der Waals surface area contributed by atoms with Crippen LogP contribution in [0.25, 0.3) is 0 Å². The summed E-state index contributed by atoms with van der Waals surface area (Å²) in [5, 5.41) is 12.6. The van der Waals surface area contributed by atoms with Crippen LogP contribution in [0.3, 0.4) is 0 Å². The van der Waals surface area contributed by atoms with Crippen molar-refractivity contribution in [3.63, 3.8) is 0 Å². The fourth-order valence-corrected chi connectivity index (χ4v) is 8.58. The van der Waals surface area contributed by atoms with Crippen LogP contribution in [0.2, 0.25) is 5.02 Å². The fraction of sp³-hybridized carbons (Fsp3) is 0.342. The maximum Gasteiger partial charge on any atom is 0.362 e. The molecule has 3 amide bonds. The second kappa shape index (κ2) is 16.5. The number of amides is 3. The third-order valence-electron chi connectivity index (χ3n) is 10.2. The highest BCUT2D eigenvalue weighted by atomic mass is 35.5. The number of imide groups is 1. The number of nitrogens with one attached hydrogen (secondary N) is 4. The van der Waals surface area contributed by atoms with Gasteiger partial charge >= 0.3 is 7.60 Å². The Labute approximate surface area is 327 Å². The minimum atomic E-state index is -3.58. The molecule has 294 valence electrons. The summed E-state index contributed by atoms with van der Waals surface area (Å²) in [6.45, 7) is 2.00. The standard InChI is InChI=1S/C38H41ClFN8O7P/c1-53-32-17-25(8-9-29(32)44-38-42-20-27(39)35(46-38)43-30-6-4-5-7-33(30)56(52,54-2)55-3)47-14-12-24(13-15-47)41-19-22-16-23-21-48(37(51)26(23)18-28(22)40)31-10-11-34(49)45-36(31)50/h4-9,16-18,20,24,31,41H,10-15,19,21H2,1-3H3,(H,45,49,50)(H2,42,43,44,46). The van der Waals surface area contributed by atoms with Gasteiger partial charge in [0, 0.05) is 75.7 Å². The van der Waals surface area contributed by atoms with Gasteiger partial charge in [-0.3, -0.25) is 24.3 Å². The maximum absolute atomic E-state index is 15.2. The van der Waals surface area contributed by atoms with E-state index in [0.29, 0.717) is 40.1 Å². The number of carbonyl (C=O) groups is 3. The van der Waals surface area contributed by atoms with E-state index < -0.39 is 31.3 Å². The van der Waals surface area contributed by atoms with Gasteiger partial charge in [-0.25, -0.2) is 9.37 Å². The number of fused-ring (bicyclic) bond motifs is 1. The number of ether oxygens (including phenoxy) is 1. The normalized spacial score (nSPS) is 17.5. The Kier molecular flexibility index (Phi) is 11.6. The molecular weight excluding hydrogens is 766 g/mol. The van der Waals surface area contributed by atoms with Crippen molar-refractivity contribution in [2.45, 2.75) is 50.9 Å². The molecule has 18 heteroatoms. The minimum Gasteiger partial charge on any atom is -0.494 e. The molecule has 3 aromatic carbocycles. The van der Waals surface area contributed by atoms with Crippen LogP contribution in [0, 0.1) is 5.82 Å². The van der Waals surface area contributed by atoms with Gasteiger partial charge in [-0.2, -0.15) is 4.98 Å². The monoisotopic (exact) mass is 806 g/mol. The highest BCUT2D eigenvalue weighted by molar-refractivity contribution is 7.62. The number of para-hydroxylation sites is 1. The van der Waals surface area contributed by atoms with E-state index in [1.54, 1.807) is 37.4 Å². The van der Waals surface area contributed by atoms with Crippen molar-refractivity contribution in [1.29, 1.82) is 0 Å². The number of rotatable bonds is 13. The van der Waals surface area contributed by atoms with Crippen LogP contribution in [-0.4, -0.2) is 79.1 Å². The molecule has 3 aliphatic rings. The van der Waals surface area contributed by atoms with E-state index in [0.717, 1.165) is 31.6 Å². The molecule has 4 N–H and O–H groups in total. The Morgan fingerprint density at radius 2 is 1.75 bits per heavy atom. The lowest BCUT2D eigenvalue weighted by molar-refractivity contribution is -0.136. The van der Waals surface area contributed by atoms with Crippen LogP contribution in [0.5, 0.6) is 5.75 Å². The fourth-order valence-electron chi connectivity index (χ4n) is 7.20. The molecule has 7 rings (SSSR count). The third-order valence-corrected chi connectivity index (χ3v) is 12.5. The second-order valence-electron chi connectivity index (χ2n) is 13.5. The van der Waals surface area contributed by atoms with Crippen molar-refractivity contribution in [3.8, 4) is 5.75 Å². The molecule has 0 saturated carbocycles. The number of hydrogen-bond acceptors (Lipinski definition) is 13. The van der Waals surface area contributed by atoms with Gasteiger partial charge in [-0.15, -0.1) is 0 Å². The second-order valence-corrected chi connectivity index (χ2v) is 16.2. The van der Waals surface area contributed by atoms with Crippen molar-refractivity contribution in [3.05, 3.63) is 88.3 Å². The molecule has 3 aliphatic heterocycles. The predicted molar refractivity (Wildman–Crippen MR) is 209 cm³/mol. The summed E-state index contributed by atoms with van der Waals surface area (Å²) >= 11 is 6.45. The summed E-state index contributed by atoms with van der Waals surface area (Å²) in [7, 11) is 0.628. The topological polar surface area (TPSA) is 176 Å². The third kappa shape index (κ3) is 8.06. The molecule has 15 nitrogen and oxygen atoms in total. The molecule has 0 spiro atoms. The Hall–Kier alpha value is -5.12. The van der Waals surface area contributed by atoms with Crippen molar-refractivity contribution < 1.29 is 37.1 Å². The summed E-state index contributed by atoms with van der Waals surface area (Å²) in [6, 6.07) is 15.0. The zero-order valence-electron chi connectivity index (χ0n) is 30.9. The lowest BCUT2D eigenvalue weighted by atomic mass is 10.0. The lowest BCUT2D eigenvalue weighted by Crippen LogP contribution is -2.52. The van der Waals surface area contributed by atoms with E-state index in [4.69, 9.17) is 25.4 Å². The number of halogens is 2. The minimum absolute atomic E-state index is 0.149. The summed E-state index contributed by atoms with van der Waals surface area (Å²) in [6.07, 6.45) is 3.49. The molecule has 1 unspecified atom stereocenters. The molecule has 0 bridgehead atoms. The van der Waals surface area contributed by atoms with E-state index in [1.165, 1.54) is 31.4 Å². The highest BCUT2D eigenvalue weighted by Crippen LogP contribution is 2.47. The van der Waals surface area contributed by atoms with Crippen molar-refractivity contribution in [2.75, 3.05) is 50.0 Å². The van der Waals surface area contributed by atoms with Crippen LogP contribution in [0.4, 0.5) is 33.2 Å². The molecule has 2 saturated heterocycles. The van der Waals surface area contributed by atoms with Gasteiger partial charge in [0.25, 0.3) is 5.91 Å². The molecule has 0 radical (unpaired) electrons. The number of hydrogen-bond donors (Lipinski definition) is 4. The Balaban J connectivity index is 0.955. The Bertz CT molecular complexity index is 2210. The van der Waals surface area contributed by atoms with Gasteiger partial charge < -0.3 is 39.5 Å². The zero-order chi connectivity index (χ0) is 39.6. The number of anilines is 5. The zero-order valence-corrected chi connectivity index (χ0v) is 32.6. The van der Waals surface area contributed by atoms with Crippen LogP contribution < -0.4 is 36.2 Å². The van der Waals surface area contributed by atoms with Crippen LogP contribution in [0.1, 0.15) is 47.2 Å². The number of nitrogens with zero attached hydrogens (tertiary/aromatic N) is 4. The Morgan fingerprint density at radius 1 is 0.982 bits per heavy atom. The number of piperidine rings is 2. The maximum atomic E-state index is 15.2. The quantitative estimate of drug-likeness (QED) is 0.100. The molecule has 56 heavy (non-hydrogen) atoms. The van der Waals surface area contributed by atoms with E-state index in [9.17, 15) is 18.9 Å². The first-order valence-electron chi connectivity index (χ1n) is 18.0.